The lowest BCUT2D eigenvalue weighted by Crippen LogP contribution is -2.53. The average Bonchev–Trinajstić information content (AvgIpc) is 3.22. The number of fused-ring (bicyclic) bond motifs is 8. The van der Waals surface area contributed by atoms with E-state index in [9.17, 15) is 9.59 Å². The Balaban J connectivity index is 1.59. The molecule has 3 nitrogen and oxygen atoms in total. The molecule has 0 aromatic rings. The summed E-state index contributed by atoms with van der Waals surface area (Å²) >= 11 is 0. The van der Waals surface area contributed by atoms with Gasteiger partial charge in [-0.3, -0.25) is 9.59 Å². The van der Waals surface area contributed by atoms with Gasteiger partial charge in [-0.05, 0) is 60.5 Å². The van der Waals surface area contributed by atoms with Crippen LogP contribution in [0.2, 0.25) is 0 Å². The summed E-state index contributed by atoms with van der Waals surface area (Å²) in [7, 11) is 0. The van der Waals surface area contributed by atoms with E-state index < -0.39 is 0 Å². The van der Waals surface area contributed by atoms with Crippen LogP contribution < -0.4 is 0 Å². The highest BCUT2D eigenvalue weighted by molar-refractivity contribution is 5.92. The normalized spacial score (nSPS) is 55.7. The molecule has 22 heavy (non-hydrogen) atoms. The molecule has 4 fully saturated rings. The van der Waals surface area contributed by atoms with E-state index in [2.05, 4.69) is 13.8 Å². The van der Waals surface area contributed by atoms with Crippen molar-refractivity contribution in [2.75, 3.05) is 0 Å². The zero-order valence-corrected chi connectivity index (χ0v) is 13.4. The Labute approximate surface area is 131 Å². The molecule has 1 saturated heterocycles. The van der Waals surface area contributed by atoms with Crippen LogP contribution in [0.3, 0.4) is 0 Å². The van der Waals surface area contributed by atoms with Crippen molar-refractivity contribution >= 4 is 11.6 Å². The Hall–Kier alpha value is -0.960. The molecule has 3 saturated carbocycles. The monoisotopic (exact) mass is 300 g/mol. The molecule has 0 amide bonds. The van der Waals surface area contributed by atoms with Crippen molar-refractivity contribution in [2.24, 2.45) is 28.6 Å². The molecule has 0 aromatic heterocycles. The average molecular weight is 300 g/mol. The third-order valence-electron chi connectivity index (χ3n) is 7.94. The van der Waals surface area contributed by atoms with E-state index in [0.29, 0.717) is 30.0 Å². The summed E-state index contributed by atoms with van der Waals surface area (Å²) in [6.07, 6.45) is 7.99. The number of carbonyl (C=O) groups excluding carboxylic acids is 2. The number of Topliss-reactive ketones (excluding diaryl/α,β-unsaturated/α-hetero) is 1. The summed E-state index contributed by atoms with van der Waals surface area (Å²) in [5.74, 6) is 2.39. The van der Waals surface area contributed by atoms with Crippen LogP contribution in [-0.2, 0) is 14.3 Å². The van der Waals surface area contributed by atoms with Crippen LogP contribution in [-0.4, -0.2) is 23.8 Å². The largest absolute Gasteiger partial charge is 0.365 e. The quantitative estimate of drug-likeness (QED) is 0.646. The second kappa shape index (κ2) is 3.92. The first-order valence-electron chi connectivity index (χ1n) is 8.89. The first kappa shape index (κ1) is 13.5. The molecular weight excluding hydrogens is 276 g/mol. The molecule has 118 valence electrons. The number of rotatable bonds is 0. The van der Waals surface area contributed by atoms with E-state index in [0.717, 1.165) is 32.1 Å². The molecule has 5 aliphatic rings. The summed E-state index contributed by atoms with van der Waals surface area (Å²) < 4.78 is 6.09. The van der Waals surface area contributed by atoms with Crippen LogP contribution in [0.5, 0.6) is 0 Å². The lowest BCUT2D eigenvalue weighted by molar-refractivity contribution is -0.132. The SMILES string of the molecule is C[C@]12CCC(=O)C=C1[C@@H]1O[C@@H]1[C@@H]1[C@@H]2CC[C@]2(C)C(=O)CC[C@@H]12. The van der Waals surface area contributed by atoms with Gasteiger partial charge in [-0.25, -0.2) is 0 Å². The highest BCUT2D eigenvalue weighted by Crippen LogP contribution is 2.68. The number of hydrogen-bond acceptors (Lipinski definition) is 3. The lowest BCUT2D eigenvalue weighted by Gasteiger charge is -2.55. The fourth-order valence-electron chi connectivity index (χ4n) is 6.58. The molecular formula is C19H24O3. The van der Waals surface area contributed by atoms with Gasteiger partial charge in [0, 0.05) is 18.3 Å². The minimum absolute atomic E-state index is 0.0975. The van der Waals surface area contributed by atoms with E-state index in [1.54, 1.807) is 0 Å². The topological polar surface area (TPSA) is 46.7 Å². The van der Waals surface area contributed by atoms with Crippen molar-refractivity contribution in [2.45, 2.75) is 64.6 Å². The third-order valence-corrected chi connectivity index (χ3v) is 7.94. The van der Waals surface area contributed by atoms with Gasteiger partial charge in [0.05, 0.1) is 6.10 Å². The van der Waals surface area contributed by atoms with E-state index in [-0.39, 0.29) is 28.8 Å². The van der Waals surface area contributed by atoms with Crippen LogP contribution in [0.4, 0.5) is 0 Å². The Bertz CT molecular complexity index is 620. The van der Waals surface area contributed by atoms with Crippen LogP contribution >= 0.6 is 0 Å². The molecule has 0 N–H and O–H groups in total. The molecule has 4 aliphatic carbocycles. The van der Waals surface area contributed by atoms with Gasteiger partial charge < -0.3 is 4.74 Å². The lowest BCUT2D eigenvalue weighted by atomic mass is 9.47. The van der Waals surface area contributed by atoms with E-state index >= 15 is 0 Å². The zero-order valence-electron chi connectivity index (χ0n) is 13.4. The van der Waals surface area contributed by atoms with Crippen molar-refractivity contribution in [1.29, 1.82) is 0 Å². The van der Waals surface area contributed by atoms with Crippen molar-refractivity contribution in [3.05, 3.63) is 11.6 Å². The molecule has 1 aliphatic heterocycles. The van der Waals surface area contributed by atoms with E-state index in [1.807, 2.05) is 6.08 Å². The number of ether oxygens (including phenoxy) is 1. The molecule has 0 radical (unpaired) electrons. The molecule has 3 heteroatoms. The summed E-state index contributed by atoms with van der Waals surface area (Å²) in [4.78, 5) is 24.3. The Morgan fingerprint density at radius 1 is 1.05 bits per heavy atom. The Morgan fingerprint density at radius 3 is 2.64 bits per heavy atom. The maximum absolute atomic E-state index is 12.4. The molecule has 0 spiro atoms. The molecule has 1 heterocycles. The van der Waals surface area contributed by atoms with Crippen molar-refractivity contribution in [3.63, 3.8) is 0 Å². The predicted molar refractivity (Wildman–Crippen MR) is 81.1 cm³/mol. The van der Waals surface area contributed by atoms with Crippen LogP contribution in [0.25, 0.3) is 0 Å². The van der Waals surface area contributed by atoms with E-state index in [1.165, 1.54) is 5.57 Å². The van der Waals surface area contributed by atoms with Gasteiger partial charge in [0.2, 0.25) is 0 Å². The molecule has 0 bridgehead atoms. The van der Waals surface area contributed by atoms with Crippen molar-refractivity contribution in [1.82, 2.24) is 0 Å². The number of epoxide rings is 1. The summed E-state index contributed by atoms with van der Waals surface area (Å²) in [5.41, 5.74) is 1.31. The maximum atomic E-state index is 12.4. The van der Waals surface area contributed by atoms with E-state index in [4.69, 9.17) is 4.74 Å². The number of carbonyl (C=O) groups is 2. The third kappa shape index (κ3) is 1.42. The summed E-state index contributed by atoms with van der Waals surface area (Å²) in [6.45, 7) is 4.57. The first-order chi connectivity index (χ1) is 10.4. The predicted octanol–water partition coefficient (Wildman–Crippen LogP) is 3.07. The Kier molecular flexibility index (Phi) is 2.40. The van der Waals surface area contributed by atoms with Crippen LogP contribution in [0.15, 0.2) is 11.6 Å². The van der Waals surface area contributed by atoms with Gasteiger partial charge >= 0.3 is 0 Å². The second-order valence-electron chi connectivity index (χ2n) is 8.71. The van der Waals surface area contributed by atoms with Gasteiger partial charge in [0.1, 0.15) is 11.9 Å². The Morgan fingerprint density at radius 2 is 1.82 bits per heavy atom. The molecule has 7 atom stereocenters. The first-order valence-corrected chi connectivity index (χ1v) is 8.89. The second-order valence-corrected chi connectivity index (χ2v) is 8.71. The molecule has 0 aromatic carbocycles. The van der Waals surface area contributed by atoms with Gasteiger partial charge in [0.25, 0.3) is 0 Å². The van der Waals surface area contributed by atoms with Crippen molar-refractivity contribution < 1.29 is 14.3 Å². The fourth-order valence-corrected chi connectivity index (χ4v) is 6.58. The number of hydrogen-bond donors (Lipinski definition) is 0. The minimum atomic E-state index is -0.0975. The fraction of sp³-hybridized carbons (Fsp3) is 0.789. The summed E-state index contributed by atoms with van der Waals surface area (Å²) in [5, 5.41) is 0. The van der Waals surface area contributed by atoms with Crippen LogP contribution in [0.1, 0.15) is 52.4 Å². The maximum Gasteiger partial charge on any atom is 0.155 e. The minimum Gasteiger partial charge on any atom is -0.365 e. The standard InChI is InChI=1S/C19H24O3/c1-18-7-5-10(20)9-13(18)16-17(22-16)15-11-3-4-14(21)19(11,2)8-6-12(15)18/h9,11-12,15-17H,3-8H2,1-2H3/t11-,12-,15-,16-,17+,18+,19-/m0/s1. The van der Waals surface area contributed by atoms with Crippen molar-refractivity contribution in [3.8, 4) is 0 Å². The van der Waals surface area contributed by atoms with Gasteiger partial charge in [-0.15, -0.1) is 0 Å². The smallest absolute Gasteiger partial charge is 0.155 e. The van der Waals surface area contributed by atoms with Gasteiger partial charge in [-0.2, -0.15) is 0 Å². The zero-order chi connectivity index (χ0) is 15.3. The molecule has 0 unspecified atom stereocenters. The van der Waals surface area contributed by atoms with Crippen LogP contribution in [0, 0.1) is 28.6 Å². The molecule has 5 rings (SSSR count). The highest BCUT2D eigenvalue weighted by Gasteiger charge is 2.68. The van der Waals surface area contributed by atoms with Gasteiger partial charge in [-0.1, -0.05) is 13.8 Å². The van der Waals surface area contributed by atoms with Gasteiger partial charge in [0.15, 0.2) is 5.78 Å². The summed E-state index contributed by atoms with van der Waals surface area (Å²) in [6, 6.07) is 0. The highest BCUT2D eigenvalue weighted by atomic mass is 16.6. The number of ketones is 2.